The Morgan fingerprint density at radius 1 is 1.46 bits per heavy atom. The van der Waals surface area contributed by atoms with Crippen LogP contribution in [0, 0.1) is 5.82 Å². The minimum absolute atomic E-state index is 0.0300. The highest BCUT2D eigenvalue weighted by atomic mass is 19.1. The van der Waals surface area contributed by atoms with Gasteiger partial charge in [0.15, 0.2) is 0 Å². The molecular weight excluding hydrogens is 173 g/mol. The van der Waals surface area contributed by atoms with Crippen LogP contribution in [0.5, 0.6) is 0 Å². The number of hydrogen-bond acceptors (Lipinski definition) is 2. The van der Waals surface area contributed by atoms with Crippen LogP contribution in [0.25, 0.3) is 10.9 Å². The van der Waals surface area contributed by atoms with Crippen molar-refractivity contribution in [3.05, 3.63) is 34.6 Å². The van der Waals surface area contributed by atoms with Gasteiger partial charge in [-0.25, -0.2) is 19.2 Å². The third-order valence-corrected chi connectivity index (χ3v) is 1.81. The molecule has 0 spiro atoms. The van der Waals surface area contributed by atoms with Gasteiger partial charge < -0.3 is 5.73 Å². The van der Waals surface area contributed by atoms with Crippen LogP contribution < -0.4 is 16.3 Å². The number of anilines is 1. The predicted octanol–water partition coefficient (Wildman–Crippen LogP) is 0.0635. The van der Waals surface area contributed by atoms with Gasteiger partial charge >= 0.3 is 5.56 Å². The molecule has 1 heterocycles. The molecule has 4 nitrogen and oxygen atoms in total. The zero-order chi connectivity index (χ0) is 9.42. The summed E-state index contributed by atoms with van der Waals surface area (Å²) >= 11 is 0. The molecule has 0 unspecified atom stereocenters. The van der Waals surface area contributed by atoms with Crippen LogP contribution in [0.2, 0.25) is 0 Å². The number of nitrogens with one attached hydrogen (secondary N) is 2. The molecule has 0 radical (unpaired) electrons. The highest BCUT2D eigenvalue weighted by molar-refractivity contribution is 5.78. The Morgan fingerprint density at radius 2 is 2.23 bits per heavy atom. The highest BCUT2D eigenvalue weighted by Gasteiger charge is 2.07. The first-order valence-electron chi connectivity index (χ1n) is 3.66. The van der Waals surface area contributed by atoms with Gasteiger partial charge in [-0.05, 0) is 6.07 Å². The van der Waals surface area contributed by atoms with Crippen molar-refractivity contribution in [3.8, 4) is 0 Å². The van der Waals surface area contributed by atoms with Gasteiger partial charge in [0.25, 0.3) is 0 Å². The van der Waals surface area contributed by atoms with Crippen LogP contribution in [0.4, 0.5) is 10.1 Å². The molecule has 5 heteroatoms. The number of nitrogens with two attached hydrogens (primary N) is 1. The molecule has 0 aliphatic rings. The zero-order valence-electron chi connectivity index (χ0n) is 6.60. The van der Waals surface area contributed by atoms with Gasteiger partial charge in [0.1, 0.15) is 16.7 Å². The largest absolute Gasteiger partial charge is 0.396 e. The number of H-pyrrole nitrogens is 2. The Hall–Kier alpha value is -1.91. The third kappa shape index (κ3) is 1.14. The quantitative estimate of drug-likeness (QED) is 0.563. The first-order valence-corrected chi connectivity index (χ1v) is 3.66. The van der Waals surface area contributed by atoms with Gasteiger partial charge in [0.05, 0.1) is 5.69 Å². The fourth-order valence-corrected chi connectivity index (χ4v) is 1.15. The van der Waals surface area contributed by atoms with Crippen molar-refractivity contribution in [1.29, 1.82) is 0 Å². The van der Waals surface area contributed by atoms with Gasteiger partial charge in [-0.1, -0.05) is 0 Å². The van der Waals surface area contributed by atoms with E-state index >= 15 is 0 Å². The lowest BCUT2D eigenvalue weighted by atomic mass is 10.2. The summed E-state index contributed by atoms with van der Waals surface area (Å²) < 4.78 is 12.9. The molecule has 0 bridgehead atoms. The number of aromatic nitrogens is 2. The zero-order valence-corrected chi connectivity index (χ0v) is 6.60. The fraction of sp³-hybridized carbons (Fsp3) is 0. The first kappa shape index (κ1) is 7.72. The second-order valence-electron chi connectivity index (χ2n) is 2.68. The van der Waals surface area contributed by atoms with Crippen LogP contribution >= 0.6 is 0 Å². The molecule has 0 amide bonds. The number of hydrogen-bond donors (Lipinski definition) is 2. The average Bonchev–Trinajstić information content (AvgIpc) is 2.09. The van der Waals surface area contributed by atoms with Crippen LogP contribution in [0.15, 0.2) is 23.3 Å². The lowest BCUT2D eigenvalue weighted by Crippen LogP contribution is -2.16. The van der Waals surface area contributed by atoms with Crippen LogP contribution in [-0.2, 0) is 0 Å². The summed E-state index contributed by atoms with van der Waals surface area (Å²) in [6.45, 7) is 0. The maximum Gasteiger partial charge on any atom is 0.342 e. The highest BCUT2D eigenvalue weighted by Crippen LogP contribution is 2.13. The molecule has 0 aliphatic heterocycles. The lowest BCUT2D eigenvalue weighted by molar-refractivity contribution is -0.349. The molecule has 1 aromatic heterocycles. The van der Waals surface area contributed by atoms with E-state index < -0.39 is 5.82 Å². The first-order chi connectivity index (χ1) is 6.18. The second kappa shape index (κ2) is 2.55. The van der Waals surface area contributed by atoms with E-state index in [9.17, 15) is 9.18 Å². The fourth-order valence-electron chi connectivity index (χ4n) is 1.15. The van der Waals surface area contributed by atoms with Crippen molar-refractivity contribution < 1.29 is 9.37 Å². The van der Waals surface area contributed by atoms with Crippen molar-refractivity contribution in [1.82, 2.24) is 4.98 Å². The van der Waals surface area contributed by atoms with Crippen molar-refractivity contribution in [2.75, 3.05) is 5.73 Å². The lowest BCUT2D eigenvalue weighted by Gasteiger charge is -1.95. The molecule has 66 valence electrons. The van der Waals surface area contributed by atoms with E-state index in [2.05, 4.69) is 9.97 Å². The number of nitrogen functional groups attached to an aromatic ring is 1. The molecule has 2 aromatic rings. The van der Waals surface area contributed by atoms with Crippen LogP contribution in [0.3, 0.4) is 0 Å². The molecule has 0 saturated heterocycles. The van der Waals surface area contributed by atoms with Crippen LogP contribution in [0.1, 0.15) is 0 Å². The van der Waals surface area contributed by atoms with E-state index in [1.165, 1.54) is 18.5 Å². The minimum atomic E-state index is -0.533. The smallest absolute Gasteiger partial charge is 0.342 e. The van der Waals surface area contributed by atoms with Crippen molar-refractivity contribution in [2.24, 2.45) is 0 Å². The Kier molecular flexibility index (Phi) is 1.51. The van der Waals surface area contributed by atoms with E-state index in [1.807, 2.05) is 0 Å². The summed E-state index contributed by atoms with van der Waals surface area (Å²) in [6.07, 6.45) is 1.35. The van der Waals surface area contributed by atoms with E-state index in [-0.39, 0.29) is 11.2 Å². The molecule has 4 N–H and O–H groups in total. The molecule has 2 rings (SSSR count). The molecule has 0 atom stereocenters. The normalized spacial score (nSPS) is 10.5. The Morgan fingerprint density at radius 3 is 3.00 bits per heavy atom. The molecule has 13 heavy (non-hydrogen) atoms. The predicted molar refractivity (Wildman–Crippen MR) is 45.5 cm³/mol. The summed E-state index contributed by atoms with van der Waals surface area (Å²) in [5.41, 5.74) is 5.42. The maximum absolute atomic E-state index is 12.9. The Labute approximate surface area is 72.2 Å². The average molecular weight is 180 g/mol. The number of fused-ring (bicyclic) bond motifs is 1. The molecule has 0 aliphatic carbocycles. The van der Waals surface area contributed by atoms with Crippen molar-refractivity contribution in [3.63, 3.8) is 0 Å². The van der Waals surface area contributed by atoms with Crippen molar-refractivity contribution >= 4 is 16.6 Å². The van der Waals surface area contributed by atoms with E-state index in [0.29, 0.717) is 10.9 Å². The summed E-state index contributed by atoms with van der Waals surface area (Å²) in [6, 6.07) is 2.50. The van der Waals surface area contributed by atoms with E-state index in [0.717, 1.165) is 0 Å². The van der Waals surface area contributed by atoms with Gasteiger partial charge in [0, 0.05) is 6.07 Å². The van der Waals surface area contributed by atoms with Crippen molar-refractivity contribution in [2.45, 2.75) is 0 Å². The number of rotatable bonds is 0. The number of aromatic amines is 2. The molecule has 0 fully saturated rings. The summed E-state index contributed by atoms with van der Waals surface area (Å²) in [7, 11) is 0. The van der Waals surface area contributed by atoms with Crippen LogP contribution in [-0.4, -0.2) is 4.98 Å². The molecular formula is C8H7FN3O+. The standard InChI is InChI=1S/C8H6FN3O/c9-5-2-7-4(1-6(5)10)8(13)12-3-11-7/h1-3H,10H2,(H,11,12,13)/p+1. The van der Waals surface area contributed by atoms with Gasteiger partial charge in [-0.15, -0.1) is 0 Å². The molecule has 0 saturated carbocycles. The second-order valence-corrected chi connectivity index (χ2v) is 2.68. The van der Waals surface area contributed by atoms with Gasteiger partial charge in [-0.3, -0.25) is 0 Å². The molecule has 1 aromatic carbocycles. The Balaban J connectivity index is 2.97. The monoisotopic (exact) mass is 180 g/mol. The minimum Gasteiger partial charge on any atom is -0.396 e. The van der Waals surface area contributed by atoms with E-state index in [4.69, 9.17) is 5.73 Å². The topological polar surface area (TPSA) is 73.0 Å². The number of halogens is 1. The third-order valence-electron chi connectivity index (χ3n) is 1.81. The van der Waals surface area contributed by atoms with Gasteiger partial charge in [-0.2, -0.15) is 0 Å². The SMILES string of the molecule is Nc1cc2c(=O)[nH]c[nH+]c2cc1F. The van der Waals surface area contributed by atoms with E-state index in [1.54, 1.807) is 0 Å². The van der Waals surface area contributed by atoms with Gasteiger partial charge in [0.2, 0.25) is 6.33 Å². The number of benzene rings is 1. The maximum atomic E-state index is 12.9. The summed E-state index contributed by atoms with van der Waals surface area (Å²) in [4.78, 5) is 16.3. The Bertz CT molecular complexity index is 520. The summed E-state index contributed by atoms with van der Waals surface area (Å²) in [5, 5.41) is 0.349. The summed E-state index contributed by atoms with van der Waals surface area (Å²) in [5.74, 6) is -0.533.